The molecule has 0 atom stereocenters. The third kappa shape index (κ3) is 4.16. The normalized spacial score (nSPS) is 10.6. The number of hydrogen-bond acceptors (Lipinski definition) is 4. The molecule has 5 heteroatoms. The number of aromatic nitrogens is 3. The Morgan fingerprint density at radius 1 is 1.18 bits per heavy atom. The number of rotatable bonds is 9. The number of ether oxygens (including phenoxy) is 1. The van der Waals surface area contributed by atoms with Crippen molar-refractivity contribution in [2.45, 2.75) is 45.6 Å². The number of hydrogen-bond donors (Lipinski definition) is 0. The number of carbonyl (C=O) groups is 1. The molecular weight excluding hydrogens is 278 g/mol. The molecule has 0 aliphatic carbocycles. The van der Waals surface area contributed by atoms with E-state index in [0.717, 1.165) is 36.3 Å². The van der Waals surface area contributed by atoms with E-state index in [4.69, 9.17) is 4.74 Å². The second-order valence-corrected chi connectivity index (χ2v) is 5.35. The van der Waals surface area contributed by atoms with Gasteiger partial charge in [-0.05, 0) is 24.1 Å². The molecule has 0 bridgehead atoms. The van der Waals surface area contributed by atoms with Crippen LogP contribution in [-0.4, -0.2) is 28.4 Å². The van der Waals surface area contributed by atoms with Gasteiger partial charge < -0.3 is 4.74 Å². The second kappa shape index (κ2) is 8.32. The smallest absolute Gasteiger partial charge is 0.172 e. The van der Waals surface area contributed by atoms with Crippen molar-refractivity contribution in [1.29, 1.82) is 0 Å². The van der Waals surface area contributed by atoms with Crippen molar-refractivity contribution < 1.29 is 9.53 Å². The van der Waals surface area contributed by atoms with E-state index >= 15 is 0 Å². The van der Waals surface area contributed by atoms with Gasteiger partial charge >= 0.3 is 0 Å². The molecule has 0 saturated carbocycles. The predicted molar refractivity (Wildman–Crippen MR) is 85.4 cm³/mol. The fourth-order valence-corrected chi connectivity index (χ4v) is 2.42. The molecule has 1 aromatic carbocycles. The van der Waals surface area contributed by atoms with Crippen molar-refractivity contribution in [2.75, 3.05) is 7.11 Å². The van der Waals surface area contributed by atoms with Gasteiger partial charge in [0.2, 0.25) is 0 Å². The quantitative estimate of drug-likeness (QED) is 0.527. The Kier molecular flexibility index (Phi) is 6.13. The Morgan fingerprint density at radius 2 is 1.95 bits per heavy atom. The number of unbranched alkanes of at least 4 members (excludes halogenated alkanes) is 3. The van der Waals surface area contributed by atoms with Crippen LogP contribution in [0.15, 0.2) is 24.3 Å². The van der Waals surface area contributed by atoms with E-state index in [-0.39, 0.29) is 0 Å². The SMILES string of the molecule is CCCCCCn1nnc(C=O)c1Cc1ccc(OC)cc1. The van der Waals surface area contributed by atoms with Crippen molar-refractivity contribution in [1.82, 2.24) is 15.0 Å². The van der Waals surface area contributed by atoms with Crippen molar-refractivity contribution in [3.05, 3.63) is 41.2 Å². The number of benzene rings is 1. The molecule has 0 spiro atoms. The number of methoxy groups -OCH3 is 1. The third-order valence-electron chi connectivity index (χ3n) is 3.73. The van der Waals surface area contributed by atoms with E-state index in [1.807, 2.05) is 28.9 Å². The van der Waals surface area contributed by atoms with Crippen molar-refractivity contribution in [3.63, 3.8) is 0 Å². The maximum atomic E-state index is 11.2. The summed E-state index contributed by atoms with van der Waals surface area (Å²) in [7, 11) is 1.65. The topological polar surface area (TPSA) is 57.0 Å². The van der Waals surface area contributed by atoms with Crippen LogP contribution < -0.4 is 4.74 Å². The third-order valence-corrected chi connectivity index (χ3v) is 3.73. The highest BCUT2D eigenvalue weighted by atomic mass is 16.5. The van der Waals surface area contributed by atoms with Crippen molar-refractivity contribution >= 4 is 6.29 Å². The Labute approximate surface area is 131 Å². The molecule has 0 saturated heterocycles. The lowest BCUT2D eigenvalue weighted by Crippen LogP contribution is -2.07. The second-order valence-electron chi connectivity index (χ2n) is 5.35. The summed E-state index contributed by atoms with van der Waals surface area (Å²) in [5, 5.41) is 8.11. The summed E-state index contributed by atoms with van der Waals surface area (Å²) in [6.07, 6.45) is 6.10. The lowest BCUT2D eigenvalue weighted by molar-refractivity contribution is 0.111. The lowest BCUT2D eigenvalue weighted by atomic mass is 10.1. The minimum absolute atomic E-state index is 0.436. The molecule has 0 amide bonds. The van der Waals surface area contributed by atoms with Gasteiger partial charge in [-0.15, -0.1) is 5.10 Å². The van der Waals surface area contributed by atoms with Gasteiger partial charge in [0.05, 0.1) is 12.8 Å². The molecule has 5 nitrogen and oxygen atoms in total. The highest BCUT2D eigenvalue weighted by molar-refractivity contribution is 5.73. The highest BCUT2D eigenvalue weighted by Crippen LogP contribution is 2.16. The largest absolute Gasteiger partial charge is 0.497 e. The average Bonchev–Trinajstić information content (AvgIpc) is 2.94. The molecule has 0 aliphatic heterocycles. The number of nitrogens with zero attached hydrogens (tertiary/aromatic N) is 3. The zero-order valence-corrected chi connectivity index (χ0v) is 13.3. The molecule has 1 aromatic heterocycles. The number of aldehydes is 1. The molecule has 2 rings (SSSR count). The van der Waals surface area contributed by atoms with E-state index in [2.05, 4.69) is 17.2 Å². The maximum absolute atomic E-state index is 11.2. The Hall–Kier alpha value is -2.17. The summed E-state index contributed by atoms with van der Waals surface area (Å²) in [4.78, 5) is 11.2. The zero-order chi connectivity index (χ0) is 15.8. The molecule has 118 valence electrons. The monoisotopic (exact) mass is 301 g/mol. The van der Waals surface area contributed by atoms with Crippen LogP contribution in [0.25, 0.3) is 0 Å². The van der Waals surface area contributed by atoms with E-state index in [1.54, 1.807) is 7.11 Å². The first-order valence-corrected chi connectivity index (χ1v) is 7.79. The van der Waals surface area contributed by atoms with E-state index in [0.29, 0.717) is 12.1 Å². The Balaban J connectivity index is 2.09. The van der Waals surface area contributed by atoms with Crippen LogP contribution in [-0.2, 0) is 13.0 Å². The first kappa shape index (κ1) is 16.2. The highest BCUT2D eigenvalue weighted by Gasteiger charge is 2.12. The van der Waals surface area contributed by atoms with Gasteiger partial charge in [0.25, 0.3) is 0 Å². The van der Waals surface area contributed by atoms with E-state index in [9.17, 15) is 4.79 Å². The van der Waals surface area contributed by atoms with Crippen LogP contribution in [0.2, 0.25) is 0 Å². The van der Waals surface area contributed by atoms with Crippen LogP contribution in [0, 0.1) is 0 Å². The molecular formula is C17H23N3O2. The molecule has 1 heterocycles. The van der Waals surface area contributed by atoms with Crippen molar-refractivity contribution in [2.24, 2.45) is 0 Å². The average molecular weight is 301 g/mol. The molecule has 2 aromatic rings. The van der Waals surface area contributed by atoms with Gasteiger partial charge in [-0.1, -0.05) is 43.5 Å². The molecule has 0 radical (unpaired) electrons. The Morgan fingerprint density at radius 3 is 2.59 bits per heavy atom. The minimum Gasteiger partial charge on any atom is -0.497 e. The van der Waals surface area contributed by atoms with E-state index in [1.165, 1.54) is 19.3 Å². The summed E-state index contributed by atoms with van der Waals surface area (Å²) >= 11 is 0. The van der Waals surface area contributed by atoms with Gasteiger partial charge in [0, 0.05) is 13.0 Å². The summed E-state index contributed by atoms with van der Waals surface area (Å²) in [5.74, 6) is 0.825. The van der Waals surface area contributed by atoms with Gasteiger partial charge in [-0.25, -0.2) is 4.68 Å². The van der Waals surface area contributed by atoms with E-state index < -0.39 is 0 Å². The number of carbonyl (C=O) groups excluding carboxylic acids is 1. The number of aryl methyl sites for hydroxylation is 1. The van der Waals surface area contributed by atoms with Gasteiger partial charge in [-0.2, -0.15) is 0 Å². The molecule has 0 N–H and O–H groups in total. The van der Waals surface area contributed by atoms with Crippen LogP contribution in [0.4, 0.5) is 0 Å². The molecule has 0 fully saturated rings. The summed E-state index contributed by atoms with van der Waals surface area (Å²) in [6.45, 7) is 3.00. The van der Waals surface area contributed by atoms with Crippen molar-refractivity contribution in [3.8, 4) is 5.75 Å². The maximum Gasteiger partial charge on any atom is 0.172 e. The lowest BCUT2D eigenvalue weighted by Gasteiger charge is -2.08. The van der Waals surface area contributed by atoms with Gasteiger partial charge in [0.1, 0.15) is 11.4 Å². The summed E-state index contributed by atoms with van der Waals surface area (Å²) < 4.78 is 7.03. The predicted octanol–water partition coefficient (Wildman–Crippen LogP) is 3.27. The van der Waals surface area contributed by atoms with Gasteiger partial charge in [0.15, 0.2) is 6.29 Å². The standard InChI is InChI=1S/C17H23N3O2/c1-3-4-5-6-11-20-17(16(13-21)18-19-20)12-14-7-9-15(22-2)10-8-14/h7-10,13H,3-6,11-12H2,1-2H3. The Bertz CT molecular complexity index is 590. The van der Waals surface area contributed by atoms with Crippen LogP contribution >= 0.6 is 0 Å². The minimum atomic E-state index is 0.436. The van der Waals surface area contributed by atoms with Crippen LogP contribution in [0.5, 0.6) is 5.75 Å². The van der Waals surface area contributed by atoms with Gasteiger partial charge in [-0.3, -0.25) is 4.79 Å². The fourth-order valence-electron chi connectivity index (χ4n) is 2.42. The van der Waals surface area contributed by atoms with Crippen LogP contribution in [0.3, 0.4) is 0 Å². The first-order valence-electron chi connectivity index (χ1n) is 7.79. The molecule has 0 unspecified atom stereocenters. The first-order chi connectivity index (χ1) is 10.8. The summed E-state index contributed by atoms with van der Waals surface area (Å²) in [6, 6.07) is 7.85. The molecule has 0 aliphatic rings. The molecule has 22 heavy (non-hydrogen) atoms. The zero-order valence-electron chi connectivity index (χ0n) is 13.3. The fraction of sp³-hybridized carbons (Fsp3) is 0.471. The van der Waals surface area contributed by atoms with Crippen LogP contribution in [0.1, 0.15) is 54.4 Å². The summed E-state index contributed by atoms with van der Waals surface area (Å²) in [5.41, 5.74) is 2.43.